The molecule has 100 valence electrons. The number of nitrogen functional groups attached to an aromatic ring is 1. The maximum atomic E-state index is 12.9. The van der Waals surface area contributed by atoms with Gasteiger partial charge in [-0.15, -0.1) is 0 Å². The molecule has 0 aromatic heterocycles. The summed E-state index contributed by atoms with van der Waals surface area (Å²) >= 11 is 0. The van der Waals surface area contributed by atoms with Crippen molar-refractivity contribution in [1.29, 1.82) is 0 Å². The molecule has 0 spiro atoms. The van der Waals surface area contributed by atoms with Crippen LogP contribution in [0.3, 0.4) is 0 Å². The van der Waals surface area contributed by atoms with Crippen LogP contribution in [0.15, 0.2) is 18.2 Å². The molecule has 2 rings (SSSR count). The van der Waals surface area contributed by atoms with Crippen LogP contribution in [-0.4, -0.2) is 19.3 Å². The van der Waals surface area contributed by atoms with Crippen molar-refractivity contribution in [2.45, 2.75) is 25.9 Å². The van der Waals surface area contributed by atoms with Crippen molar-refractivity contribution in [3.05, 3.63) is 23.8 Å². The first-order chi connectivity index (χ1) is 8.58. The standard InChI is InChI=1S/C13H18F2N2O/c1-8-9(4-5-18-8)7-17-12-3-2-10(16)6-11(12)13(14)15/h2-3,6,8-9,13,17H,4-5,7,16H2,1H3. The largest absolute Gasteiger partial charge is 0.399 e. The van der Waals surface area contributed by atoms with E-state index in [4.69, 9.17) is 10.5 Å². The van der Waals surface area contributed by atoms with E-state index in [2.05, 4.69) is 5.32 Å². The van der Waals surface area contributed by atoms with E-state index < -0.39 is 6.43 Å². The van der Waals surface area contributed by atoms with Crippen LogP contribution in [0, 0.1) is 5.92 Å². The van der Waals surface area contributed by atoms with E-state index in [-0.39, 0.29) is 11.7 Å². The highest BCUT2D eigenvalue weighted by Crippen LogP contribution is 2.30. The zero-order chi connectivity index (χ0) is 13.1. The lowest BCUT2D eigenvalue weighted by Crippen LogP contribution is -2.21. The molecule has 1 aliphatic heterocycles. The summed E-state index contributed by atoms with van der Waals surface area (Å²) in [5.41, 5.74) is 6.30. The summed E-state index contributed by atoms with van der Waals surface area (Å²) in [6, 6.07) is 4.56. The van der Waals surface area contributed by atoms with E-state index in [1.54, 1.807) is 12.1 Å². The Morgan fingerprint density at radius 2 is 2.28 bits per heavy atom. The number of halogens is 2. The number of nitrogens with one attached hydrogen (secondary N) is 1. The molecule has 0 radical (unpaired) electrons. The van der Waals surface area contributed by atoms with Gasteiger partial charge in [0.15, 0.2) is 0 Å². The molecule has 1 aliphatic rings. The van der Waals surface area contributed by atoms with Gasteiger partial charge in [-0.2, -0.15) is 0 Å². The Morgan fingerprint density at radius 1 is 1.50 bits per heavy atom. The third-order valence-electron chi connectivity index (χ3n) is 3.40. The van der Waals surface area contributed by atoms with Gasteiger partial charge in [0.2, 0.25) is 0 Å². The van der Waals surface area contributed by atoms with Gasteiger partial charge in [0.05, 0.1) is 6.10 Å². The molecule has 3 nitrogen and oxygen atoms in total. The van der Waals surface area contributed by atoms with Crippen LogP contribution in [0.5, 0.6) is 0 Å². The van der Waals surface area contributed by atoms with Crippen LogP contribution in [0.25, 0.3) is 0 Å². The molecule has 0 bridgehead atoms. The van der Waals surface area contributed by atoms with Crippen LogP contribution < -0.4 is 11.1 Å². The normalized spacial score (nSPS) is 23.6. The Hall–Kier alpha value is -1.36. The van der Waals surface area contributed by atoms with Gasteiger partial charge in [0.1, 0.15) is 0 Å². The number of rotatable bonds is 4. The number of benzene rings is 1. The van der Waals surface area contributed by atoms with E-state index in [0.29, 0.717) is 23.8 Å². The van der Waals surface area contributed by atoms with Crippen molar-refractivity contribution in [3.8, 4) is 0 Å². The third kappa shape index (κ3) is 2.90. The molecular formula is C13H18F2N2O. The zero-order valence-corrected chi connectivity index (χ0v) is 10.3. The highest BCUT2D eigenvalue weighted by molar-refractivity contribution is 5.58. The average molecular weight is 256 g/mol. The van der Waals surface area contributed by atoms with Gasteiger partial charge in [-0.1, -0.05) is 0 Å². The molecule has 0 saturated carbocycles. The fraction of sp³-hybridized carbons (Fsp3) is 0.538. The Bertz CT molecular complexity index is 412. The molecule has 0 aliphatic carbocycles. The molecule has 1 aromatic rings. The minimum absolute atomic E-state index is 0.0402. The zero-order valence-electron chi connectivity index (χ0n) is 10.3. The number of ether oxygens (including phenoxy) is 1. The number of hydrogen-bond acceptors (Lipinski definition) is 3. The highest BCUT2D eigenvalue weighted by atomic mass is 19.3. The molecule has 0 amide bonds. The Morgan fingerprint density at radius 3 is 2.89 bits per heavy atom. The lowest BCUT2D eigenvalue weighted by atomic mass is 10.0. The van der Waals surface area contributed by atoms with Crippen LogP contribution in [-0.2, 0) is 4.74 Å². The van der Waals surface area contributed by atoms with Gasteiger partial charge in [-0.25, -0.2) is 8.78 Å². The third-order valence-corrected chi connectivity index (χ3v) is 3.40. The van der Waals surface area contributed by atoms with Crippen LogP contribution in [0.2, 0.25) is 0 Å². The van der Waals surface area contributed by atoms with Crippen molar-refractivity contribution in [1.82, 2.24) is 0 Å². The maximum absolute atomic E-state index is 12.9. The maximum Gasteiger partial charge on any atom is 0.265 e. The molecule has 2 atom stereocenters. The van der Waals surface area contributed by atoms with E-state index in [1.165, 1.54) is 6.07 Å². The monoisotopic (exact) mass is 256 g/mol. The first kappa shape index (κ1) is 13.1. The average Bonchev–Trinajstić information content (AvgIpc) is 2.73. The second-order valence-electron chi connectivity index (χ2n) is 4.65. The molecule has 2 unspecified atom stereocenters. The number of alkyl halides is 2. The molecule has 1 fully saturated rings. The summed E-state index contributed by atoms with van der Waals surface area (Å²) in [6.45, 7) is 3.40. The Kier molecular flexibility index (Phi) is 4.01. The quantitative estimate of drug-likeness (QED) is 0.814. The summed E-state index contributed by atoms with van der Waals surface area (Å²) in [5.74, 6) is 0.369. The second-order valence-corrected chi connectivity index (χ2v) is 4.65. The van der Waals surface area contributed by atoms with Gasteiger partial charge in [0, 0.05) is 36.0 Å². The first-order valence-corrected chi connectivity index (χ1v) is 6.11. The minimum Gasteiger partial charge on any atom is -0.399 e. The van der Waals surface area contributed by atoms with Gasteiger partial charge >= 0.3 is 0 Å². The van der Waals surface area contributed by atoms with Gasteiger partial charge in [-0.05, 0) is 31.5 Å². The highest BCUT2D eigenvalue weighted by Gasteiger charge is 2.24. The molecular weight excluding hydrogens is 238 g/mol. The smallest absolute Gasteiger partial charge is 0.265 e. The Labute approximate surface area is 105 Å². The van der Waals surface area contributed by atoms with Crippen molar-refractivity contribution in [3.63, 3.8) is 0 Å². The van der Waals surface area contributed by atoms with Crippen molar-refractivity contribution < 1.29 is 13.5 Å². The molecule has 1 saturated heterocycles. The molecule has 18 heavy (non-hydrogen) atoms. The predicted octanol–water partition coefficient (Wildman–Crippen LogP) is 3.04. The summed E-state index contributed by atoms with van der Waals surface area (Å²) in [4.78, 5) is 0. The van der Waals surface area contributed by atoms with Crippen LogP contribution in [0.1, 0.15) is 25.3 Å². The number of anilines is 2. The lowest BCUT2D eigenvalue weighted by molar-refractivity contribution is 0.108. The van der Waals surface area contributed by atoms with E-state index in [0.717, 1.165) is 13.0 Å². The number of hydrogen-bond donors (Lipinski definition) is 2. The summed E-state index contributed by atoms with van der Waals surface area (Å²) < 4.78 is 31.2. The van der Waals surface area contributed by atoms with Crippen molar-refractivity contribution in [2.24, 2.45) is 5.92 Å². The first-order valence-electron chi connectivity index (χ1n) is 6.11. The van der Waals surface area contributed by atoms with Crippen LogP contribution >= 0.6 is 0 Å². The minimum atomic E-state index is -2.52. The predicted molar refractivity (Wildman–Crippen MR) is 67.8 cm³/mol. The molecule has 5 heteroatoms. The molecule has 1 heterocycles. The number of nitrogens with two attached hydrogens (primary N) is 1. The lowest BCUT2D eigenvalue weighted by Gasteiger charge is -2.17. The van der Waals surface area contributed by atoms with Crippen molar-refractivity contribution >= 4 is 11.4 Å². The molecule has 3 N–H and O–H groups in total. The fourth-order valence-electron chi connectivity index (χ4n) is 2.21. The fourth-order valence-corrected chi connectivity index (χ4v) is 2.21. The van der Waals surface area contributed by atoms with Gasteiger partial charge in [0.25, 0.3) is 6.43 Å². The SMILES string of the molecule is CC1OCCC1CNc1ccc(N)cc1C(F)F. The van der Waals surface area contributed by atoms with Crippen LogP contribution in [0.4, 0.5) is 20.2 Å². The van der Waals surface area contributed by atoms with Gasteiger partial charge in [-0.3, -0.25) is 0 Å². The van der Waals surface area contributed by atoms with E-state index in [1.807, 2.05) is 6.92 Å². The summed E-state index contributed by atoms with van der Waals surface area (Å²) in [7, 11) is 0. The van der Waals surface area contributed by atoms with Gasteiger partial charge < -0.3 is 15.8 Å². The summed E-state index contributed by atoms with van der Waals surface area (Å²) in [5, 5.41) is 3.08. The molecule has 1 aromatic carbocycles. The van der Waals surface area contributed by atoms with E-state index >= 15 is 0 Å². The summed E-state index contributed by atoms with van der Waals surface area (Å²) in [6.07, 6.45) is -1.37. The topological polar surface area (TPSA) is 47.3 Å². The van der Waals surface area contributed by atoms with E-state index in [9.17, 15) is 8.78 Å². The second kappa shape index (κ2) is 5.52. The Balaban J connectivity index is 2.04. The van der Waals surface area contributed by atoms with Crippen molar-refractivity contribution in [2.75, 3.05) is 24.2 Å².